The van der Waals surface area contributed by atoms with Crippen LogP contribution < -0.4 is 15.1 Å². The number of piperazine rings is 1. The normalized spacial score (nSPS) is 14.4. The van der Waals surface area contributed by atoms with Gasteiger partial charge in [-0.2, -0.15) is 0 Å². The van der Waals surface area contributed by atoms with Crippen LogP contribution >= 0.6 is 0 Å². The van der Waals surface area contributed by atoms with E-state index in [0.29, 0.717) is 12.1 Å². The predicted molar refractivity (Wildman–Crippen MR) is 97.9 cm³/mol. The number of hydrogen-bond donors (Lipinski definition) is 1. The Kier molecular flexibility index (Phi) is 5.77. The Hall–Kier alpha value is -2.70. The van der Waals surface area contributed by atoms with Crippen molar-refractivity contribution >= 4 is 17.5 Å². The third kappa shape index (κ3) is 4.43. The number of nitrogens with one attached hydrogen (secondary N) is 1. The van der Waals surface area contributed by atoms with Crippen molar-refractivity contribution in [3.63, 3.8) is 0 Å². The maximum atomic E-state index is 12.2. The minimum atomic E-state index is -0.0564. The van der Waals surface area contributed by atoms with Crippen molar-refractivity contribution in [2.24, 2.45) is 0 Å². The van der Waals surface area contributed by atoms with Crippen LogP contribution in [0.2, 0.25) is 0 Å². The Bertz CT molecular complexity index is 685. The Morgan fingerprint density at radius 3 is 2.56 bits per heavy atom. The summed E-state index contributed by atoms with van der Waals surface area (Å²) in [4.78, 5) is 29.5. The fraction of sp³-hybridized carbons (Fsp3) is 0.444. The number of hydrogen-bond acceptors (Lipinski definition) is 6. The summed E-state index contributed by atoms with van der Waals surface area (Å²) in [5.74, 6) is 0.712. The highest BCUT2D eigenvalue weighted by Crippen LogP contribution is 2.18. The molecular formula is C18H24N6O. The van der Waals surface area contributed by atoms with Gasteiger partial charge in [0.25, 0.3) is 5.91 Å². The maximum Gasteiger partial charge on any atom is 0.252 e. The van der Waals surface area contributed by atoms with Gasteiger partial charge in [0, 0.05) is 51.3 Å². The molecule has 0 unspecified atom stereocenters. The maximum absolute atomic E-state index is 12.2. The predicted octanol–water partition coefficient (Wildman–Crippen LogP) is 1.73. The minimum Gasteiger partial charge on any atom is -0.367 e. The van der Waals surface area contributed by atoms with Gasteiger partial charge in [0.1, 0.15) is 0 Å². The molecule has 0 aliphatic carbocycles. The molecule has 1 fully saturated rings. The Labute approximate surface area is 148 Å². The van der Waals surface area contributed by atoms with Gasteiger partial charge in [0.15, 0.2) is 0 Å². The molecule has 7 nitrogen and oxygen atoms in total. The average Bonchev–Trinajstić information content (AvgIpc) is 2.69. The van der Waals surface area contributed by atoms with E-state index in [0.717, 1.165) is 50.7 Å². The molecule has 1 aliphatic heterocycles. The molecule has 7 heteroatoms. The fourth-order valence-electron chi connectivity index (χ4n) is 2.82. The second kappa shape index (κ2) is 8.41. The van der Waals surface area contributed by atoms with Crippen LogP contribution in [0.3, 0.4) is 0 Å². The first-order valence-electron chi connectivity index (χ1n) is 8.78. The van der Waals surface area contributed by atoms with E-state index in [-0.39, 0.29) is 5.91 Å². The number of amides is 1. The molecule has 0 spiro atoms. The number of nitrogens with zero attached hydrogens (tertiary/aromatic N) is 5. The number of anilines is 2. The molecule has 0 saturated carbocycles. The van der Waals surface area contributed by atoms with Gasteiger partial charge >= 0.3 is 0 Å². The number of aromatic nitrogens is 3. The molecule has 2 aromatic heterocycles. The lowest BCUT2D eigenvalue weighted by molar-refractivity contribution is 0.0953. The summed E-state index contributed by atoms with van der Waals surface area (Å²) < 4.78 is 0. The van der Waals surface area contributed by atoms with Crippen LogP contribution in [0.5, 0.6) is 0 Å². The van der Waals surface area contributed by atoms with Gasteiger partial charge in [-0.05, 0) is 18.6 Å². The van der Waals surface area contributed by atoms with E-state index in [1.54, 1.807) is 18.6 Å². The highest BCUT2D eigenvalue weighted by atomic mass is 16.1. The monoisotopic (exact) mass is 340 g/mol. The minimum absolute atomic E-state index is 0.0564. The smallest absolute Gasteiger partial charge is 0.252 e. The Morgan fingerprint density at radius 2 is 1.84 bits per heavy atom. The second-order valence-corrected chi connectivity index (χ2v) is 6.06. The zero-order valence-electron chi connectivity index (χ0n) is 14.6. The molecule has 1 saturated heterocycles. The summed E-state index contributed by atoms with van der Waals surface area (Å²) in [7, 11) is 0. The number of rotatable bonds is 6. The van der Waals surface area contributed by atoms with Crippen LogP contribution in [0.15, 0.2) is 36.9 Å². The van der Waals surface area contributed by atoms with Crippen LogP contribution in [0, 0.1) is 0 Å². The van der Waals surface area contributed by atoms with Gasteiger partial charge in [0.2, 0.25) is 5.95 Å². The van der Waals surface area contributed by atoms with Crippen molar-refractivity contribution in [2.75, 3.05) is 42.5 Å². The van der Waals surface area contributed by atoms with Crippen molar-refractivity contribution in [3.05, 3.63) is 42.5 Å². The zero-order chi connectivity index (χ0) is 17.5. The van der Waals surface area contributed by atoms with Gasteiger partial charge < -0.3 is 15.1 Å². The molecule has 25 heavy (non-hydrogen) atoms. The van der Waals surface area contributed by atoms with E-state index in [1.165, 1.54) is 0 Å². The zero-order valence-corrected chi connectivity index (χ0v) is 14.6. The lowest BCUT2D eigenvalue weighted by Gasteiger charge is -2.35. The Balaban J connectivity index is 1.60. The highest BCUT2D eigenvalue weighted by Gasteiger charge is 2.20. The van der Waals surface area contributed by atoms with E-state index in [1.807, 2.05) is 18.3 Å². The van der Waals surface area contributed by atoms with Crippen LogP contribution in [0.1, 0.15) is 30.1 Å². The van der Waals surface area contributed by atoms with Gasteiger partial charge in [-0.15, -0.1) is 0 Å². The van der Waals surface area contributed by atoms with Gasteiger partial charge in [-0.25, -0.2) is 9.97 Å². The second-order valence-electron chi connectivity index (χ2n) is 6.06. The first-order chi connectivity index (χ1) is 12.3. The van der Waals surface area contributed by atoms with E-state index in [4.69, 9.17) is 0 Å². The number of pyridine rings is 1. The topological polar surface area (TPSA) is 74.2 Å². The molecule has 1 aliphatic rings. The quantitative estimate of drug-likeness (QED) is 0.807. The summed E-state index contributed by atoms with van der Waals surface area (Å²) in [5, 5.41) is 2.94. The van der Waals surface area contributed by atoms with Crippen LogP contribution in [0.25, 0.3) is 0 Å². The number of carbonyl (C=O) groups excluding carboxylic acids is 1. The molecule has 1 N–H and O–H groups in total. The lowest BCUT2D eigenvalue weighted by Crippen LogP contribution is -2.47. The molecule has 132 valence electrons. The van der Waals surface area contributed by atoms with Crippen molar-refractivity contribution < 1.29 is 4.79 Å². The molecule has 3 heterocycles. The molecule has 3 rings (SSSR count). The number of carbonyl (C=O) groups is 1. The summed E-state index contributed by atoms with van der Waals surface area (Å²) in [5.41, 5.74) is 1.60. The van der Waals surface area contributed by atoms with E-state index >= 15 is 0 Å². The van der Waals surface area contributed by atoms with Crippen molar-refractivity contribution in [2.45, 2.75) is 19.8 Å². The van der Waals surface area contributed by atoms with Crippen molar-refractivity contribution in [1.82, 2.24) is 20.3 Å². The average molecular weight is 340 g/mol. The molecular weight excluding hydrogens is 316 g/mol. The van der Waals surface area contributed by atoms with Gasteiger partial charge in [-0.3, -0.25) is 9.78 Å². The van der Waals surface area contributed by atoms with Crippen molar-refractivity contribution in [3.8, 4) is 0 Å². The molecule has 1 amide bonds. The summed E-state index contributed by atoms with van der Waals surface area (Å²) in [6, 6.07) is 3.74. The van der Waals surface area contributed by atoms with Crippen molar-refractivity contribution in [1.29, 1.82) is 0 Å². The molecule has 0 atom stereocenters. The summed E-state index contributed by atoms with van der Waals surface area (Å²) in [6.07, 6.45) is 9.02. The highest BCUT2D eigenvalue weighted by molar-refractivity contribution is 5.94. The summed E-state index contributed by atoms with van der Waals surface area (Å²) in [6.45, 7) is 6.19. The van der Waals surface area contributed by atoms with E-state index < -0.39 is 0 Å². The van der Waals surface area contributed by atoms with Gasteiger partial charge in [0.05, 0.1) is 17.4 Å². The third-order valence-electron chi connectivity index (χ3n) is 4.28. The first kappa shape index (κ1) is 17.1. The third-order valence-corrected chi connectivity index (χ3v) is 4.28. The van der Waals surface area contributed by atoms with Crippen LogP contribution in [-0.2, 0) is 0 Å². The van der Waals surface area contributed by atoms with E-state index in [9.17, 15) is 4.79 Å². The molecule has 0 aromatic carbocycles. The molecule has 0 radical (unpaired) electrons. The van der Waals surface area contributed by atoms with Gasteiger partial charge in [-0.1, -0.05) is 13.3 Å². The number of unbranched alkanes of at least 4 members (excludes halogenated alkanes) is 1. The molecule has 0 bridgehead atoms. The summed E-state index contributed by atoms with van der Waals surface area (Å²) >= 11 is 0. The SMILES string of the molecule is CCCCNC(=O)c1cncc(N2CCN(c3ncccn3)CC2)c1. The van der Waals surface area contributed by atoms with Crippen LogP contribution in [-0.4, -0.2) is 53.6 Å². The fourth-order valence-corrected chi connectivity index (χ4v) is 2.82. The largest absolute Gasteiger partial charge is 0.367 e. The Morgan fingerprint density at radius 1 is 1.12 bits per heavy atom. The van der Waals surface area contributed by atoms with Crippen LogP contribution in [0.4, 0.5) is 11.6 Å². The van der Waals surface area contributed by atoms with E-state index in [2.05, 4.69) is 37.0 Å². The standard InChI is InChI=1S/C18H24N6O/c1-2-3-5-20-17(25)15-12-16(14-19-13-15)23-8-10-24(11-9-23)18-21-6-4-7-22-18/h4,6-7,12-14H,2-3,5,8-11H2,1H3,(H,20,25). The molecule has 2 aromatic rings. The first-order valence-corrected chi connectivity index (χ1v) is 8.78. The lowest BCUT2D eigenvalue weighted by atomic mass is 10.2.